The standard InChI is InChI=1S/C21H25FN4O4S/c1-15(20(27)24-13-18-6-2-3-11-23-18)25-21(28)16-5-4-12-26(14-16)31(29,30)19-9-7-17(22)8-10-19/h2-3,6-11,15-16H,4-5,12-14H2,1H3,(H,24,27)(H,25,28)/t15-,16?/m0/s1. The van der Waals surface area contributed by atoms with Crippen molar-refractivity contribution < 1.29 is 22.4 Å². The van der Waals surface area contributed by atoms with Crippen molar-refractivity contribution in [2.45, 2.75) is 37.2 Å². The summed E-state index contributed by atoms with van der Waals surface area (Å²) in [6.07, 6.45) is 2.66. The Bertz CT molecular complexity index is 1020. The molecular weight excluding hydrogens is 423 g/mol. The molecule has 1 aromatic heterocycles. The highest BCUT2D eigenvalue weighted by Gasteiger charge is 2.34. The number of aromatic nitrogens is 1. The second-order valence-corrected chi connectivity index (χ2v) is 9.36. The number of rotatable bonds is 7. The fourth-order valence-electron chi connectivity index (χ4n) is 3.36. The lowest BCUT2D eigenvalue weighted by molar-refractivity contribution is -0.131. The molecule has 2 N–H and O–H groups in total. The van der Waals surface area contributed by atoms with Crippen LogP contribution in [0.3, 0.4) is 0 Å². The van der Waals surface area contributed by atoms with Gasteiger partial charge in [0.15, 0.2) is 0 Å². The van der Waals surface area contributed by atoms with Gasteiger partial charge in [0.05, 0.1) is 23.1 Å². The minimum Gasteiger partial charge on any atom is -0.349 e. The predicted octanol–water partition coefficient (Wildman–Crippen LogP) is 1.44. The van der Waals surface area contributed by atoms with E-state index in [9.17, 15) is 22.4 Å². The first kappa shape index (κ1) is 22.8. The van der Waals surface area contributed by atoms with Gasteiger partial charge in [-0.25, -0.2) is 12.8 Å². The second-order valence-electron chi connectivity index (χ2n) is 7.43. The van der Waals surface area contributed by atoms with E-state index in [1.165, 1.54) is 16.4 Å². The molecular formula is C21H25FN4O4S. The number of nitrogens with zero attached hydrogens (tertiary/aromatic N) is 2. The average molecular weight is 449 g/mol. The lowest BCUT2D eigenvalue weighted by Gasteiger charge is -2.31. The summed E-state index contributed by atoms with van der Waals surface area (Å²) < 4.78 is 40.0. The van der Waals surface area contributed by atoms with Gasteiger partial charge in [0.25, 0.3) is 0 Å². The smallest absolute Gasteiger partial charge is 0.243 e. The number of carbonyl (C=O) groups excluding carboxylic acids is 2. The van der Waals surface area contributed by atoms with Crippen LogP contribution in [0, 0.1) is 11.7 Å². The van der Waals surface area contributed by atoms with Crippen molar-refractivity contribution in [3.05, 3.63) is 60.2 Å². The third-order valence-electron chi connectivity index (χ3n) is 5.13. The molecule has 1 aromatic carbocycles. The van der Waals surface area contributed by atoms with E-state index in [0.717, 1.165) is 12.1 Å². The van der Waals surface area contributed by atoms with Crippen molar-refractivity contribution in [1.29, 1.82) is 0 Å². The number of sulfonamides is 1. The van der Waals surface area contributed by atoms with E-state index in [4.69, 9.17) is 0 Å². The zero-order valence-corrected chi connectivity index (χ0v) is 17.9. The summed E-state index contributed by atoms with van der Waals surface area (Å²) >= 11 is 0. The van der Waals surface area contributed by atoms with Crippen LogP contribution in [0.4, 0.5) is 4.39 Å². The first-order chi connectivity index (χ1) is 14.8. The molecule has 2 heterocycles. The quantitative estimate of drug-likeness (QED) is 0.666. The molecule has 2 atom stereocenters. The summed E-state index contributed by atoms with van der Waals surface area (Å²) in [6.45, 7) is 2.10. The summed E-state index contributed by atoms with van der Waals surface area (Å²) in [4.78, 5) is 29.1. The van der Waals surface area contributed by atoms with Crippen molar-refractivity contribution in [1.82, 2.24) is 19.9 Å². The molecule has 1 fully saturated rings. The minimum atomic E-state index is -3.83. The van der Waals surface area contributed by atoms with Crippen molar-refractivity contribution in [2.24, 2.45) is 5.92 Å². The first-order valence-electron chi connectivity index (χ1n) is 10.0. The van der Waals surface area contributed by atoms with E-state index < -0.39 is 27.8 Å². The van der Waals surface area contributed by atoms with Crippen LogP contribution in [-0.2, 0) is 26.2 Å². The van der Waals surface area contributed by atoms with Gasteiger partial charge in [-0.15, -0.1) is 0 Å². The first-order valence-corrected chi connectivity index (χ1v) is 11.4. The number of nitrogens with one attached hydrogen (secondary N) is 2. The zero-order valence-electron chi connectivity index (χ0n) is 17.1. The number of pyridine rings is 1. The Morgan fingerprint density at radius 2 is 1.97 bits per heavy atom. The number of hydrogen-bond acceptors (Lipinski definition) is 5. The van der Waals surface area contributed by atoms with Gasteiger partial charge in [-0.3, -0.25) is 14.6 Å². The lowest BCUT2D eigenvalue weighted by atomic mass is 9.98. The molecule has 166 valence electrons. The molecule has 0 radical (unpaired) electrons. The van der Waals surface area contributed by atoms with Gasteiger partial charge in [-0.1, -0.05) is 6.07 Å². The van der Waals surface area contributed by atoms with Gasteiger partial charge in [-0.05, 0) is 56.2 Å². The minimum absolute atomic E-state index is 0.00776. The molecule has 3 rings (SSSR count). The summed E-state index contributed by atoms with van der Waals surface area (Å²) in [5.74, 6) is -1.83. The SMILES string of the molecule is C[C@H](NC(=O)C1CCCN(S(=O)(=O)c2ccc(F)cc2)C1)C(=O)NCc1ccccn1. The van der Waals surface area contributed by atoms with Gasteiger partial charge >= 0.3 is 0 Å². The van der Waals surface area contributed by atoms with Gasteiger partial charge in [0.1, 0.15) is 11.9 Å². The van der Waals surface area contributed by atoms with Crippen LogP contribution < -0.4 is 10.6 Å². The maximum atomic E-state index is 13.1. The van der Waals surface area contributed by atoms with Gasteiger partial charge in [0.2, 0.25) is 21.8 Å². The highest BCUT2D eigenvalue weighted by molar-refractivity contribution is 7.89. The van der Waals surface area contributed by atoms with E-state index in [2.05, 4.69) is 15.6 Å². The Morgan fingerprint density at radius 1 is 1.23 bits per heavy atom. The van der Waals surface area contributed by atoms with Crippen LogP contribution in [0.2, 0.25) is 0 Å². The van der Waals surface area contributed by atoms with E-state index in [1.807, 2.05) is 6.07 Å². The van der Waals surface area contributed by atoms with Crippen LogP contribution in [-0.4, -0.2) is 48.7 Å². The molecule has 8 nitrogen and oxygen atoms in total. The molecule has 0 saturated carbocycles. The maximum absolute atomic E-state index is 13.1. The van der Waals surface area contributed by atoms with Gasteiger partial charge < -0.3 is 10.6 Å². The molecule has 0 bridgehead atoms. The molecule has 2 aromatic rings. The Labute approximate surface area is 180 Å². The van der Waals surface area contributed by atoms with E-state index in [-0.39, 0.29) is 36.3 Å². The lowest BCUT2D eigenvalue weighted by Crippen LogP contribution is -2.50. The van der Waals surface area contributed by atoms with E-state index >= 15 is 0 Å². The van der Waals surface area contributed by atoms with Crippen LogP contribution >= 0.6 is 0 Å². The molecule has 1 aliphatic heterocycles. The molecule has 0 aliphatic carbocycles. The molecule has 10 heteroatoms. The van der Waals surface area contributed by atoms with E-state index in [0.29, 0.717) is 18.5 Å². The summed E-state index contributed by atoms with van der Waals surface area (Å²) in [5.41, 5.74) is 0.697. The Kier molecular flexibility index (Phi) is 7.34. The molecule has 1 unspecified atom stereocenters. The zero-order chi connectivity index (χ0) is 22.4. The van der Waals surface area contributed by atoms with Gasteiger partial charge in [0, 0.05) is 19.3 Å². The molecule has 2 amide bonds. The van der Waals surface area contributed by atoms with Crippen LogP contribution in [0.1, 0.15) is 25.5 Å². The number of carbonyl (C=O) groups is 2. The largest absolute Gasteiger partial charge is 0.349 e. The Balaban J connectivity index is 1.56. The summed E-state index contributed by atoms with van der Waals surface area (Å²) in [6, 6.07) is 9.19. The van der Waals surface area contributed by atoms with Crippen LogP contribution in [0.25, 0.3) is 0 Å². The number of piperidine rings is 1. The monoisotopic (exact) mass is 448 g/mol. The predicted molar refractivity (Wildman–Crippen MR) is 112 cm³/mol. The van der Waals surface area contributed by atoms with Crippen molar-refractivity contribution >= 4 is 21.8 Å². The number of hydrogen-bond donors (Lipinski definition) is 2. The molecule has 1 aliphatic rings. The highest BCUT2D eigenvalue weighted by Crippen LogP contribution is 2.24. The van der Waals surface area contributed by atoms with Crippen LogP contribution in [0.15, 0.2) is 53.6 Å². The third kappa shape index (κ3) is 5.86. The molecule has 0 spiro atoms. The molecule has 1 saturated heterocycles. The van der Waals surface area contributed by atoms with E-state index in [1.54, 1.807) is 25.3 Å². The maximum Gasteiger partial charge on any atom is 0.243 e. The van der Waals surface area contributed by atoms with Crippen molar-refractivity contribution in [2.75, 3.05) is 13.1 Å². The topological polar surface area (TPSA) is 108 Å². The van der Waals surface area contributed by atoms with Crippen LogP contribution in [0.5, 0.6) is 0 Å². The Hall–Kier alpha value is -2.85. The second kappa shape index (κ2) is 9.97. The molecule has 31 heavy (non-hydrogen) atoms. The Morgan fingerprint density at radius 3 is 2.65 bits per heavy atom. The normalized spacial score (nSPS) is 18.2. The third-order valence-corrected chi connectivity index (χ3v) is 7.01. The number of halogens is 1. The fraction of sp³-hybridized carbons (Fsp3) is 0.381. The van der Waals surface area contributed by atoms with Gasteiger partial charge in [-0.2, -0.15) is 4.31 Å². The van der Waals surface area contributed by atoms with Crippen molar-refractivity contribution in [3.8, 4) is 0 Å². The summed E-state index contributed by atoms with van der Waals surface area (Å²) in [5, 5.41) is 5.38. The number of benzene rings is 1. The van der Waals surface area contributed by atoms with Crippen molar-refractivity contribution in [3.63, 3.8) is 0 Å². The number of amides is 2. The summed E-state index contributed by atoms with van der Waals surface area (Å²) in [7, 11) is -3.83. The highest BCUT2D eigenvalue weighted by atomic mass is 32.2. The average Bonchev–Trinajstić information content (AvgIpc) is 2.78. The fourth-order valence-corrected chi connectivity index (χ4v) is 4.88.